The molecule has 0 amide bonds. The number of aromatic carboxylic acids is 1. The summed E-state index contributed by atoms with van der Waals surface area (Å²) in [5, 5.41) is 9.19. The van der Waals surface area contributed by atoms with Crippen molar-refractivity contribution in [2.75, 3.05) is 7.11 Å². The lowest BCUT2D eigenvalue weighted by atomic mass is 9.62. The molecular formula is C32H36O3. The summed E-state index contributed by atoms with van der Waals surface area (Å²) in [6.45, 7) is 9.44. The van der Waals surface area contributed by atoms with Crippen molar-refractivity contribution in [1.29, 1.82) is 0 Å². The van der Waals surface area contributed by atoms with Gasteiger partial charge in [0.25, 0.3) is 0 Å². The topological polar surface area (TPSA) is 46.5 Å². The maximum absolute atomic E-state index is 11.2. The quantitative estimate of drug-likeness (QED) is 0.385. The van der Waals surface area contributed by atoms with Crippen LogP contribution in [0.4, 0.5) is 0 Å². The van der Waals surface area contributed by atoms with Crippen molar-refractivity contribution in [1.82, 2.24) is 0 Å². The number of rotatable bonds is 7. The van der Waals surface area contributed by atoms with Crippen LogP contribution in [-0.4, -0.2) is 18.2 Å². The average Bonchev–Trinajstić information content (AvgIpc) is 2.85. The van der Waals surface area contributed by atoms with Crippen molar-refractivity contribution in [2.45, 2.75) is 63.7 Å². The predicted molar refractivity (Wildman–Crippen MR) is 144 cm³/mol. The number of hydrogen-bond donors (Lipinski definition) is 1. The van der Waals surface area contributed by atoms with Crippen molar-refractivity contribution >= 4 is 12.0 Å². The summed E-state index contributed by atoms with van der Waals surface area (Å²) in [5.74, 6) is 0.142. The Hall–Kier alpha value is -3.33. The fourth-order valence-electron chi connectivity index (χ4n) is 5.11. The van der Waals surface area contributed by atoms with Gasteiger partial charge in [-0.25, -0.2) is 4.79 Å². The summed E-state index contributed by atoms with van der Waals surface area (Å²) < 4.78 is 5.34. The van der Waals surface area contributed by atoms with E-state index < -0.39 is 5.97 Å². The first kappa shape index (κ1) is 24.8. The van der Waals surface area contributed by atoms with E-state index in [0.29, 0.717) is 5.56 Å². The highest BCUT2D eigenvalue weighted by molar-refractivity contribution is 5.87. The van der Waals surface area contributed by atoms with Gasteiger partial charge in [0.05, 0.1) is 12.7 Å². The van der Waals surface area contributed by atoms with Crippen LogP contribution in [0.1, 0.15) is 84.6 Å². The molecule has 0 spiro atoms. The van der Waals surface area contributed by atoms with E-state index in [1.807, 2.05) is 24.3 Å². The van der Waals surface area contributed by atoms with E-state index in [1.165, 1.54) is 35.1 Å². The lowest BCUT2D eigenvalue weighted by Crippen LogP contribution is -2.34. The van der Waals surface area contributed by atoms with E-state index in [9.17, 15) is 9.90 Å². The van der Waals surface area contributed by atoms with Gasteiger partial charge in [-0.05, 0) is 82.2 Å². The summed E-state index contributed by atoms with van der Waals surface area (Å²) in [6, 6.07) is 22.4. The zero-order valence-corrected chi connectivity index (χ0v) is 21.5. The van der Waals surface area contributed by atoms with E-state index in [0.717, 1.165) is 17.7 Å². The van der Waals surface area contributed by atoms with Crippen molar-refractivity contribution in [2.24, 2.45) is 0 Å². The normalized spacial score (nSPS) is 17.1. The van der Waals surface area contributed by atoms with Gasteiger partial charge in [0.15, 0.2) is 0 Å². The molecular weight excluding hydrogens is 432 g/mol. The van der Waals surface area contributed by atoms with E-state index in [4.69, 9.17) is 4.74 Å². The van der Waals surface area contributed by atoms with E-state index in [2.05, 4.69) is 70.2 Å². The molecule has 1 N–H and O–H groups in total. The molecule has 1 atom stereocenters. The number of carboxylic acids is 1. The van der Waals surface area contributed by atoms with E-state index >= 15 is 0 Å². The minimum absolute atomic E-state index is 0.155. The Morgan fingerprint density at radius 1 is 0.914 bits per heavy atom. The van der Waals surface area contributed by atoms with Crippen LogP contribution in [0.15, 0.2) is 72.8 Å². The minimum atomic E-state index is -0.905. The number of carbonyl (C=O) groups is 1. The van der Waals surface area contributed by atoms with Gasteiger partial charge in [0.2, 0.25) is 0 Å². The van der Waals surface area contributed by atoms with Crippen LogP contribution in [0.5, 0.6) is 5.75 Å². The Kier molecular flexibility index (Phi) is 6.89. The number of benzene rings is 3. The molecule has 0 radical (unpaired) electrons. The number of hydrogen-bond acceptors (Lipinski definition) is 2. The molecule has 1 unspecified atom stereocenters. The number of carboxylic acid groups (broad SMARTS) is 1. The monoisotopic (exact) mass is 468 g/mol. The zero-order valence-electron chi connectivity index (χ0n) is 21.5. The van der Waals surface area contributed by atoms with Gasteiger partial charge in [0.1, 0.15) is 5.75 Å². The molecule has 4 rings (SSSR count). The molecule has 3 nitrogen and oxygen atoms in total. The predicted octanol–water partition coefficient (Wildman–Crippen LogP) is 7.78. The Balaban J connectivity index is 1.71. The van der Waals surface area contributed by atoms with Crippen LogP contribution in [-0.2, 0) is 17.3 Å². The largest absolute Gasteiger partial charge is 0.497 e. The van der Waals surface area contributed by atoms with Crippen molar-refractivity contribution in [3.05, 3.63) is 106 Å². The highest BCUT2D eigenvalue weighted by Gasteiger charge is 2.37. The fraction of sp³-hybridized carbons (Fsp3) is 0.344. The van der Waals surface area contributed by atoms with Crippen molar-refractivity contribution in [3.63, 3.8) is 0 Å². The first-order valence-corrected chi connectivity index (χ1v) is 12.4. The Morgan fingerprint density at radius 3 is 2.14 bits per heavy atom. The second-order valence-corrected chi connectivity index (χ2v) is 11.0. The van der Waals surface area contributed by atoms with Crippen molar-refractivity contribution < 1.29 is 14.6 Å². The van der Waals surface area contributed by atoms with E-state index in [-0.39, 0.29) is 16.7 Å². The molecule has 1 aliphatic rings. The average molecular weight is 469 g/mol. The molecule has 0 saturated carbocycles. The third kappa shape index (κ3) is 5.51. The first-order valence-electron chi connectivity index (χ1n) is 12.4. The van der Waals surface area contributed by atoms with Crippen LogP contribution >= 0.6 is 0 Å². The van der Waals surface area contributed by atoms with Crippen LogP contribution in [0.2, 0.25) is 0 Å². The van der Waals surface area contributed by atoms with Gasteiger partial charge in [0, 0.05) is 5.92 Å². The lowest BCUT2D eigenvalue weighted by Gasteiger charge is -2.42. The smallest absolute Gasteiger partial charge is 0.335 e. The highest BCUT2D eigenvalue weighted by Crippen LogP contribution is 2.46. The van der Waals surface area contributed by atoms with Gasteiger partial charge >= 0.3 is 5.97 Å². The molecule has 0 saturated heterocycles. The summed E-state index contributed by atoms with van der Waals surface area (Å²) in [6.07, 6.45) is 7.62. The second kappa shape index (κ2) is 9.73. The molecule has 182 valence electrons. The molecule has 0 aromatic heterocycles. The van der Waals surface area contributed by atoms with Crippen LogP contribution in [0, 0.1) is 0 Å². The van der Waals surface area contributed by atoms with Gasteiger partial charge in [-0.2, -0.15) is 0 Å². The lowest BCUT2D eigenvalue weighted by molar-refractivity contribution is 0.0697. The number of fused-ring (bicyclic) bond motifs is 1. The van der Waals surface area contributed by atoms with Crippen LogP contribution in [0.25, 0.3) is 6.08 Å². The molecule has 0 bridgehead atoms. The van der Waals surface area contributed by atoms with Gasteiger partial charge in [-0.3, -0.25) is 0 Å². The zero-order chi connectivity index (χ0) is 25.2. The summed E-state index contributed by atoms with van der Waals surface area (Å²) in [7, 11) is 1.69. The van der Waals surface area contributed by atoms with Crippen molar-refractivity contribution in [3.8, 4) is 5.75 Å². The Labute approximate surface area is 209 Å². The second-order valence-electron chi connectivity index (χ2n) is 11.0. The molecule has 0 aliphatic heterocycles. The first-order chi connectivity index (χ1) is 16.6. The van der Waals surface area contributed by atoms with E-state index in [1.54, 1.807) is 19.2 Å². The fourth-order valence-corrected chi connectivity index (χ4v) is 5.11. The molecule has 35 heavy (non-hydrogen) atoms. The maximum atomic E-state index is 11.2. The Morgan fingerprint density at radius 2 is 1.54 bits per heavy atom. The SMILES string of the molecule is COc1ccc(CC(/C=C/c2ccc(C(=O)O)cc2)c2ccc3c(c2)C(C)(C)CCC3(C)C)cc1. The minimum Gasteiger partial charge on any atom is -0.497 e. The van der Waals surface area contributed by atoms with Crippen LogP contribution in [0.3, 0.4) is 0 Å². The summed E-state index contributed by atoms with van der Waals surface area (Å²) >= 11 is 0. The summed E-state index contributed by atoms with van der Waals surface area (Å²) in [4.78, 5) is 11.2. The molecule has 3 heteroatoms. The van der Waals surface area contributed by atoms with Gasteiger partial charge in [-0.15, -0.1) is 0 Å². The molecule has 3 aromatic carbocycles. The molecule has 1 aliphatic carbocycles. The maximum Gasteiger partial charge on any atom is 0.335 e. The van der Waals surface area contributed by atoms with Gasteiger partial charge in [-0.1, -0.05) is 82.3 Å². The number of ether oxygens (including phenoxy) is 1. The molecule has 3 aromatic rings. The summed E-state index contributed by atoms with van der Waals surface area (Å²) in [5.41, 5.74) is 7.13. The highest BCUT2D eigenvalue weighted by atomic mass is 16.5. The third-order valence-corrected chi connectivity index (χ3v) is 7.60. The third-order valence-electron chi connectivity index (χ3n) is 7.60. The molecule has 0 heterocycles. The standard InChI is InChI=1S/C32H36O3/c1-31(2)18-19-32(3,4)29-21-26(14-17-28(29)31)25(20-23-9-15-27(35-5)16-10-23)13-8-22-6-11-24(12-7-22)30(33)34/h6-17,21,25H,18-20H2,1-5H3,(H,33,34)/b13-8+. The number of methoxy groups -OCH3 is 1. The molecule has 0 fully saturated rings. The van der Waals surface area contributed by atoms with Crippen LogP contribution < -0.4 is 4.74 Å². The Bertz CT molecular complexity index is 1210. The van der Waals surface area contributed by atoms with Gasteiger partial charge < -0.3 is 9.84 Å². The number of allylic oxidation sites excluding steroid dienone is 1.